The van der Waals surface area contributed by atoms with E-state index in [0.29, 0.717) is 42.6 Å². The molecule has 0 aliphatic carbocycles. The first-order valence-corrected chi connectivity index (χ1v) is 9.76. The number of cyclic esters (lactones) is 1. The van der Waals surface area contributed by atoms with Crippen molar-refractivity contribution in [3.05, 3.63) is 47.5 Å². The Bertz CT molecular complexity index is 847. The Hall–Kier alpha value is -2.89. The minimum Gasteiger partial charge on any atom is -0.493 e. The smallest absolute Gasteiger partial charge is 0.309 e. The monoisotopic (exact) mass is 400 g/mol. The second kappa shape index (κ2) is 9.54. The molecule has 2 aromatic carbocycles. The maximum atomic E-state index is 12.4. The van der Waals surface area contributed by atoms with Crippen molar-refractivity contribution in [3.8, 4) is 23.0 Å². The molecular weight excluding hydrogens is 372 g/mol. The highest BCUT2D eigenvalue weighted by Gasteiger charge is 2.37. The molecule has 1 aliphatic rings. The van der Waals surface area contributed by atoms with Crippen LogP contribution >= 0.6 is 0 Å². The summed E-state index contributed by atoms with van der Waals surface area (Å²) in [5, 5.41) is 0. The van der Waals surface area contributed by atoms with Crippen molar-refractivity contribution in [3.63, 3.8) is 0 Å². The van der Waals surface area contributed by atoms with E-state index < -0.39 is 0 Å². The van der Waals surface area contributed by atoms with Gasteiger partial charge in [0.25, 0.3) is 0 Å². The van der Waals surface area contributed by atoms with E-state index in [2.05, 4.69) is 0 Å². The standard InChI is InChI=1S/C23H28O6/c1-5-28-20-9-7-16(13-22(20)27-4)11-18-17(14-29-23(18)24)10-15-6-8-19(25-2)21(12-15)26-3/h6-9,12-13,17-18H,5,10-11,14H2,1-4H3/t17-,18+/m0/s1. The van der Waals surface area contributed by atoms with Crippen molar-refractivity contribution in [2.75, 3.05) is 34.5 Å². The Kier molecular flexibility index (Phi) is 6.86. The van der Waals surface area contributed by atoms with Gasteiger partial charge >= 0.3 is 5.97 Å². The molecule has 1 saturated heterocycles. The van der Waals surface area contributed by atoms with E-state index in [0.717, 1.165) is 17.5 Å². The molecule has 3 rings (SSSR count). The van der Waals surface area contributed by atoms with E-state index in [9.17, 15) is 4.79 Å². The van der Waals surface area contributed by atoms with Crippen LogP contribution in [0.2, 0.25) is 0 Å². The van der Waals surface area contributed by atoms with Gasteiger partial charge in [0.15, 0.2) is 23.0 Å². The lowest BCUT2D eigenvalue weighted by Crippen LogP contribution is -2.20. The number of ether oxygens (including phenoxy) is 5. The van der Waals surface area contributed by atoms with Crippen LogP contribution in [0.1, 0.15) is 18.1 Å². The minimum atomic E-state index is -0.203. The van der Waals surface area contributed by atoms with Gasteiger partial charge in [-0.1, -0.05) is 12.1 Å². The fourth-order valence-electron chi connectivity index (χ4n) is 3.73. The van der Waals surface area contributed by atoms with Gasteiger partial charge < -0.3 is 23.7 Å². The van der Waals surface area contributed by atoms with Gasteiger partial charge in [0.05, 0.1) is 40.5 Å². The third-order valence-electron chi connectivity index (χ3n) is 5.24. The van der Waals surface area contributed by atoms with Gasteiger partial charge in [0.2, 0.25) is 0 Å². The third kappa shape index (κ3) is 4.75. The second-order valence-corrected chi connectivity index (χ2v) is 7.01. The molecule has 6 heteroatoms. The number of carbonyl (C=O) groups excluding carboxylic acids is 1. The maximum absolute atomic E-state index is 12.4. The van der Waals surface area contributed by atoms with Crippen molar-refractivity contribution >= 4 is 5.97 Å². The molecule has 1 fully saturated rings. The van der Waals surface area contributed by atoms with E-state index in [1.165, 1.54) is 0 Å². The first-order valence-electron chi connectivity index (χ1n) is 9.76. The molecule has 0 unspecified atom stereocenters. The number of hydrogen-bond donors (Lipinski definition) is 0. The highest BCUT2D eigenvalue weighted by molar-refractivity contribution is 5.75. The molecule has 1 heterocycles. The molecular formula is C23H28O6. The first-order chi connectivity index (χ1) is 14.1. The van der Waals surface area contributed by atoms with Crippen LogP contribution in [0.5, 0.6) is 23.0 Å². The van der Waals surface area contributed by atoms with Crippen LogP contribution in [0.3, 0.4) is 0 Å². The SMILES string of the molecule is CCOc1ccc(C[C@H]2C(=O)OC[C@@H]2Cc2ccc(OC)c(OC)c2)cc1OC. The summed E-state index contributed by atoms with van der Waals surface area (Å²) in [5.41, 5.74) is 2.10. The molecule has 6 nitrogen and oxygen atoms in total. The van der Waals surface area contributed by atoms with Gasteiger partial charge in [0.1, 0.15) is 0 Å². The van der Waals surface area contributed by atoms with E-state index in [1.54, 1.807) is 21.3 Å². The zero-order valence-electron chi connectivity index (χ0n) is 17.4. The molecule has 0 saturated carbocycles. The Morgan fingerprint density at radius 1 is 0.862 bits per heavy atom. The van der Waals surface area contributed by atoms with Gasteiger partial charge in [-0.25, -0.2) is 0 Å². The van der Waals surface area contributed by atoms with E-state index >= 15 is 0 Å². The lowest BCUT2D eigenvalue weighted by Gasteiger charge is -2.17. The summed E-state index contributed by atoms with van der Waals surface area (Å²) < 4.78 is 27.1. The van der Waals surface area contributed by atoms with Gasteiger partial charge in [-0.3, -0.25) is 4.79 Å². The first kappa shape index (κ1) is 20.8. The summed E-state index contributed by atoms with van der Waals surface area (Å²) >= 11 is 0. The number of hydrogen-bond acceptors (Lipinski definition) is 6. The van der Waals surface area contributed by atoms with Crippen LogP contribution in [0.25, 0.3) is 0 Å². The predicted octanol–water partition coefficient (Wildman–Crippen LogP) is 3.69. The van der Waals surface area contributed by atoms with Crippen LogP contribution in [0, 0.1) is 11.8 Å². The molecule has 0 radical (unpaired) electrons. The summed E-state index contributed by atoms with van der Waals surface area (Å²) in [6.45, 7) is 2.92. The highest BCUT2D eigenvalue weighted by Crippen LogP contribution is 2.34. The molecule has 0 N–H and O–H groups in total. The molecule has 29 heavy (non-hydrogen) atoms. The lowest BCUT2D eigenvalue weighted by molar-refractivity contribution is -0.141. The zero-order chi connectivity index (χ0) is 20.8. The van der Waals surface area contributed by atoms with Crippen LogP contribution in [-0.2, 0) is 22.4 Å². The predicted molar refractivity (Wildman–Crippen MR) is 109 cm³/mol. The maximum Gasteiger partial charge on any atom is 0.309 e. The zero-order valence-corrected chi connectivity index (χ0v) is 17.4. The molecule has 2 atom stereocenters. The van der Waals surface area contributed by atoms with Crippen molar-refractivity contribution in [1.82, 2.24) is 0 Å². The number of rotatable bonds is 9. The van der Waals surface area contributed by atoms with E-state index in [-0.39, 0.29) is 17.8 Å². The normalized spacial score (nSPS) is 18.3. The summed E-state index contributed by atoms with van der Waals surface area (Å²) in [7, 11) is 4.85. The number of benzene rings is 2. The van der Waals surface area contributed by atoms with Crippen LogP contribution in [0.4, 0.5) is 0 Å². The van der Waals surface area contributed by atoms with Crippen molar-refractivity contribution in [1.29, 1.82) is 0 Å². The number of methoxy groups -OCH3 is 3. The van der Waals surface area contributed by atoms with E-state index in [1.807, 2.05) is 43.3 Å². The number of esters is 1. The quantitative estimate of drug-likeness (QED) is 0.599. The van der Waals surface area contributed by atoms with Gasteiger partial charge in [0, 0.05) is 5.92 Å². The summed E-state index contributed by atoms with van der Waals surface area (Å²) in [6, 6.07) is 11.6. The summed E-state index contributed by atoms with van der Waals surface area (Å²) in [5.74, 6) is 2.49. The molecule has 1 aliphatic heterocycles. The summed E-state index contributed by atoms with van der Waals surface area (Å²) in [6.07, 6.45) is 1.32. The summed E-state index contributed by atoms with van der Waals surface area (Å²) in [4.78, 5) is 12.4. The highest BCUT2D eigenvalue weighted by atomic mass is 16.5. The Labute approximate surface area is 171 Å². The second-order valence-electron chi connectivity index (χ2n) is 7.01. The molecule has 0 aromatic heterocycles. The lowest BCUT2D eigenvalue weighted by atomic mass is 9.85. The largest absolute Gasteiger partial charge is 0.493 e. The molecule has 156 valence electrons. The van der Waals surface area contributed by atoms with E-state index in [4.69, 9.17) is 23.7 Å². The number of carbonyl (C=O) groups is 1. The van der Waals surface area contributed by atoms with Gasteiger partial charge in [-0.15, -0.1) is 0 Å². The Balaban J connectivity index is 1.76. The average Bonchev–Trinajstić information content (AvgIpc) is 3.08. The Morgan fingerprint density at radius 3 is 2.07 bits per heavy atom. The van der Waals surface area contributed by atoms with Gasteiger partial charge in [-0.05, 0) is 55.2 Å². The molecule has 2 aromatic rings. The van der Waals surface area contributed by atoms with Crippen molar-refractivity contribution in [2.45, 2.75) is 19.8 Å². The van der Waals surface area contributed by atoms with Crippen LogP contribution in [0.15, 0.2) is 36.4 Å². The fourth-order valence-corrected chi connectivity index (χ4v) is 3.73. The van der Waals surface area contributed by atoms with Crippen LogP contribution in [-0.4, -0.2) is 40.5 Å². The topological polar surface area (TPSA) is 63.2 Å². The third-order valence-corrected chi connectivity index (χ3v) is 5.24. The fraction of sp³-hybridized carbons (Fsp3) is 0.435. The Morgan fingerprint density at radius 2 is 1.45 bits per heavy atom. The van der Waals surface area contributed by atoms with Crippen LogP contribution < -0.4 is 18.9 Å². The molecule has 0 amide bonds. The molecule has 0 spiro atoms. The average molecular weight is 400 g/mol. The molecule has 0 bridgehead atoms. The minimum absolute atomic E-state index is 0.0955. The van der Waals surface area contributed by atoms with Gasteiger partial charge in [-0.2, -0.15) is 0 Å². The van der Waals surface area contributed by atoms with Crippen molar-refractivity contribution in [2.24, 2.45) is 11.8 Å². The van der Waals surface area contributed by atoms with Crippen molar-refractivity contribution < 1.29 is 28.5 Å².